The molecule has 150 valence electrons. The standard InChI is InChI=1S/C19H22N8O2/c1-12-7-9-14(10-8-12)16-15(22-26-27(16)18-17(20)24-29-25-18)19(28)23-21-11-13-5-3-2-4-6-13/h7-11,21H,2-6H2,1H3,(H2,20,24)(H,23,28). The van der Waals surface area contributed by atoms with E-state index in [4.69, 9.17) is 5.73 Å². The number of benzene rings is 1. The number of nitrogens with two attached hydrogens (primary N) is 1. The molecule has 1 aromatic carbocycles. The molecule has 0 atom stereocenters. The van der Waals surface area contributed by atoms with Gasteiger partial charge in [-0.25, -0.2) is 4.63 Å². The number of nitrogens with one attached hydrogen (secondary N) is 2. The lowest BCUT2D eigenvalue weighted by Gasteiger charge is -2.14. The summed E-state index contributed by atoms with van der Waals surface area (Å²) in [6.45, 7) is 1.98. The molecule has 10 nitrogen and oxygen atoms in total. The normalized spacial score (nSPS) is 13.9. The van der Waals surface area contributed by atoms with Crippen molar-refractivity contribution in [3.63, 3.8) is 0 Å². The Morgan fingerprint density at radius 1 is 1.17 bits per heavy atom. The van der Waals surface area contributed by atoms with E-state index in [1.807, 2.05) is 37.4 Å². The monoisotopic (exact) mass is 394 g/mol. The van der Waals surface area contributed by atoms with Crippen LogP contribution in [0.4, 0.5) is 5.82 Å². The molecule has 4 N–H and O–H groups in total. The highest BCUT2D eigenvalue weighted by Gasteiger charge is 2.25. The number of hydrogen-bond donors (Lipinski definition) is 3. The lowest BCUT2D eigenvalue weighted by Crippen LogP contribution is -2.34. The summed E-state index contributed by atoms with van der Waals surface area (Å²) in [5, 5.41) is 15.5. The average Bonchev–Trinajstić information content (AvgIpc) is 3.35. The van der Waals surface area contributed by atoms with E-state index in [9.17, 15) is 4.79 Å². The van der Waals surface area contributed by atoms with Gasteiger partial charge in [0.05, 0.1) is 0 Å². The van der Waals surface area contributed by atoms with E-state index in [0.717, 1.165) is 24.0 Å². The Bertz CT molecular complexity index is 1030. The number of hydrogen-bond acceptors (Lipinski definition) is 8. The van der Waals surface area contributed by atoms with Crippen LogP contribution in [0.2, 0.25) is 0 Å². The van der Waals surface area contributed by atoms with E-state index in [1.54, 1.807) is 0 Å². The van der Waals surface area contributed by atoms with Crippen LogP contribution in [0.15, 0.2) is 40.7 Å². The van der Waals surface area contributed by atoms with Gasteiger partial charge in [-0.2, -0.15) is 4.68 Å². The number of allylic oxidation sites excluding steroid dienone is 1. The molecule has 1 aliphatic carbocycles. The molecule has 0 saturated heterocycles. The minimum absolute atomic E-state index is 0.0513. The smallest absolute Gasteiger partial charge is 0.292 e. The maximum Gasteiger partial charge on any atom is 0.292 e. The molecule has 1 fully saturated rings. The SMILES string of the molecule is Cc1ccc(-c2c(C(=O)NNC=C3CCCCC3)nnn2-c2nonc2N)cc1. The Balaban J connectivity index is 1.64. The van der Waals surface area contributed by atoms with Crippen LogP contribution < -0.4 is 16.6 Å². The zero-order valence-electron chi connectivity index (χ0n) is 16.1. The second kappa shape index (κ2) is 8.13. The minimum atomic E-state index is -0.422. The molecule has 0 bridgehead atoms. The van der Waals surface area contributed by atoms with Crippen molar-refractivity contribution < 1.29 is 9.42 Å². The van der Waals surface area contributed by atoms with Gasteiger partial charge >= 0.3 is 0 Å². The van der Waals surface area contributed by atoms with Gasteiger partial charge in [-0.3, -0.25) is 10.2 Å². The Kier molecular flexibility index (Phi) is 5.23. The van der Waals surface area contributed by atoms with Gasteiger partial charge in [0, 0.05) is 11.8 Å². The number of carbonyl (C=O) groups is 1. The number of nitrogens with zero attached hydrogens (tertiary/aromatic N) is 5. The van der Waals surface area contributed by atoms with Crippen molar-refractivity contribution in [2.75, 3.05) is 5.73 Å². The lowest BCUT2D eigenvalue weighted by molar-refractivity contribution is 0.0936. The fourth-order valence-electron chi connectivity index (χ4n) is 3.30. The van der Waals surface area contributed by atoms with Crippen LogP contribution in [0.3, 0.4) is 0 Å². The van der Waals surface area contributed by atoms with E-state index in [1.165, 1.54) is 29.5 Å². The van der Waals surface area contributed by atoms with Crippen LogP contribution in [0, 0.1) is 6.92 Å². The summed E-state index contributed by atoms with van der Waals surface area (Å²) in [7, 11) is 0. The van der Waals surface area contributed by atoms with Crippen LogP contribution in [0.1, 0.15) is 48.2 Å². The highest BCUT2D eigenvalue weighted by Crippen LogP contribution is 2.26. The summed E-state index contributed by atoms with van der Waals surface area (Å²) in [6.07, 6.45) is 7.57. The van der Waals surface area contributed by atoms with Crippen LogP contribution >= 0.6 is 0 Å². The molecule has 29 heavy (non-hydrogen) atoms. The maximum atomic E-state index is 12.8. The maximum absolute atomic E-state index is 12.8. The lowest BCUT2D eigenvalue weighted by atomic mass is 9.96. The van der Waals surface area contributed by atoms with E-state index in [2.05, 4.69) is 36.1 Å². The second-order valence-corrected chi connectivity index (χ2v) is 7.00. The topological polar surface area (TPSA) is 137 Å². The molecular formula is C19H22N8O2. The third-order valence-electron chi connectivity index (χ3n) is 4.86. The van der Waals surface area contributed by atoms with Gasteiger partial charge in [0.2, 0.25) is 11.6 Å². The zero-order valence-corrected chi connectivity index (χ0v) is 16.1. The predicted molar refractivity (Wildman–Crippen MR) is 106 cm³/mol. The van der Waals surface area contributed by atoms with Crippen molar-refractivity contribution >= 4 is 11.7 Å². The Hall–Kier alpha value is -3.69. The average molecular weight is 394 g/mol. The van der Waals surface area contributed by atoms with Crippen molar-refractivity contribution in [1.29, 1.82) is 0 Å². The Morgan fingerprint density at radius 2 is 1.93 bits per heavy atom. The number of carbonyl (C=O) groups excluding carboxylic acids is 1. The predicted octanol–water partition coefficient (Wildman–Crippen LogP) is 2.29. The van der Waals surface area contributed by atoms with Crippen molar-refractivity contribution in [3.05, 3.63) is 47.3 Å². The third kappa shape index (κ3) is 3.96. The molecule has 1 aliphatic rings. The molecule has 1 amide bonds. The quantitative estimate of drug-likeness (QED) is 0.561. The fraction of sp³-hybridized carbons (Fsp3) is 0.316. The first kappa shape index (κ1) is 18.7. The van der Waals surface area contributed by atoms with Crippen LogP contribution in [0.5, 0.6) is 0 Å². The highest BCUT2D eigenvalue weighted by atomic mass is 16.6. The van der Waals surface area contributed by atoms with Gasteiger partial charge in [-0.05, 0) is 42.9 Å². The summed E-state index contributed by atoms with van der Waals surface area (Å²) in [5.41, 5.74) is 15.1. The first-order valence-electron chi connectivity index (χ1n) is 9.48. The molecule has 2 heterocycles. The summed E-state index contributed by atoms with van der Waals surface area (Å²) in [5.74, 6) is -0.200. The molecule has 0 spiro atoms. The molecule has 2 aromatic heterocycles. The number of anilines is 1. The van der Waals surface area contributed by atoms with Gasteiger partial charge in [0.15, 0.2) is 5.69 Å². The minimum Gasteiger partial charge on any atom is -0.378 e. The van der Waals surface area contributed by atoms with E-state index in [0.29, 0.717) is 5.69 Å². The van der Waals surface area contributed by atoms with Crippen LogP contribution in [-0.4, -0.2) is 31.2 Å². The van der Waals surface area contributed by atoms with Crippen LogP contribution in [-0.2, 0) is 0 Å². The molecule has 0 radical (unpaired) electrons. The van der Waals surface area contributed by atoms with Crippen molar-refractivity contribution in [3.8, 4) is 17.1 Å². The van der Waals surface area contributed by atoms with Gasteiger partial charge in [-0.15, -0.1) is 5.10 Å². The van der Waals surface area contributed by atoms with Gasteiger partial charge in [0.25, 0.3) is 5.91 Å². The number of aromatic nitrogens is 5. The molecule has 4 rings (SSSR count). The first-order valence-corrected chi connectivity index (χ1v) is 9.48. The van der Waals surface area contributed by atoms with E-state index in [-0.39, 0.29) is 17.3 Å². The Morgan fingerprint density at radius 3 is 2.62 bits per heavy atom. The first-order chi connectivity index (χ1) is 14.1. The summed E-state index contributed by atoms with van der Waals surface area (Å²) in [4.78, 5) is 12.8. The van der Waals surface area contributed by atoms with Gasteiger partial charge in [-0.1, -0.05) is 47.0 Å². The van der Waals surface area contributed by atoms with Crippen molar-refractivity contribution in [2.45, 2.75) is 39.0 Å². The number of hydrazine groups is 1. The molecule has 1 saturated carbocycles. The number of amides is 1. The van der Waals surface area contributed by atoms with E-state index >= 15 is 0 Å². The zero-order chi connectivity index (χ0) is 20.2. The Labute approximate surface area is 167 Å². The molecule has 0 unspecified atom stereocenters. The second-order valence-electron chi connectivity index (χ2n) is 7.00. The van der Waals surface area contributed by atoms with E-state index < -0.39 is 5.91 Å². The summed E-state index contributed by atoms with van der Waals surface area (Å²) in [6, 6.07) is 7.62. The number of rotatable bonds is 5. The summed E-state index contributed by atoms with van der Waals surface area (Å²) >= 11 is 0. The van der Waals surface area contributed by atoms with Crippen molar-refractivity contribution in [1.82, 2.24) is 36.2 Å². The van der Waals surface area contributed by atoms with Crippen LogP contribution in [0.25, 0.3) is 17.1 Å². The largest absolute Gasteiger partial charge is 0.378 e. The third-order valence-corrected chi connectivity index (χ3v) is 4.86. The molecular weight excluding hydrogens is 372 g/mol. The summed E-state index contributed by atoms with van der Waals surface area (Å²) < 4.78 is 6.03. The van der Waals surface area contributed by atoms with Gasteiger partial charge < -0.3 is 11.2 Å². The van der Waals surface area contributed by atoms with Gasteiger partial charge in [0.1, 0.15) is 5.69 Å². The molecule has 10 heteroatoms. The molecule has 3 aromatic rings. The number of aryl methyl sites for hydroxylation is 1. The molecule has 0 aliphatic heterocycles. The van der Waals surface area contributed by atoms with Crippen molar-refractivity contribution in [2.24, 2.45) is 0 Å². The number of nitrogen functional groups attached to an aromatic ring is 1. The fourth-order valence-corrected chi connectivity index (χ4v) is 3.30. The highest BCUT2D eigenvalue weighted by molar-refractivity contribution is 5.98.